The highest BCUT2D eigenvalue weighted by molar-refractivity contribution is 5.82. The van der Waals surface area contributed by atoms with Gasteiger partial charge in [0, 0.05) is 51.6 Å². The zero-order valence-electron chi connectivity index (χ0n) is 13.8. The molecule has 0 aliphatic carbocycles. The molecule has 0 spiro atoms. The average Bonchev–Trinajstić information content (AvgIpc) is 3.16. The third-order valence-electron chi connectivity index (χ3n) is 4.96. The van der Waals surface area contributed by atoms with Crippen molar-refractivity contribution in [2.24, 2.45) is 0 Å². The van der Waals surface area contributed by atoms with Gasteiger partial charge >= 0.3 is 0 Å². The first kappa shape index (κ1) is 16.7. The molecule has 0 aromatic carbocycles. The van der Waals surface area contributed by atoms with E-state index >= 15 is 0 Å². The molecule has 3 aliphatic rings. The molecule has 130 valence electrons. The second kappa shape index (κ2) is 8.08. The maximum Gasteiger partial charge on any atom is 0.224 e. The van der Waals surface area contributed by atoms with Gasteiger partial charge in [-0.3, -0.25) is 14.5 Å². The molecule has 0 bridgehead atoms. The van der Waals surface area contributed by atoms with E-state index in [-0.39, 0.29) is 17.9 Å². The second-order valence-electron chi connectivity index (χ2n) is 6.76. The maximum atomic E-state index is 12.1. The largest absolute Gasteiger partial charge is 0.379 e. The molecule has 0 radical (unpaired) electrons. The van der Waals surface area contributed by atoms with Crippen molar-refractivity contribution in [3.63, 3.8) is 0 Å². The van der Waals surface area contributed by atoms with E-state index < -0.39 is 0 Å². The van der Waals surface area contributed by atoms with Gasteiger partial charge in [-0.15, -0.1) is 0 Å². The van der Waals surface area contributed by atoms with Gasteiger partial charge in [0.25, 0.3) is 0 Å². The van der Waals surface area contributed by atoms with Gasteiger partial charge in [0.05, 0.1) is 19.3 Å². The van der Waals surface area contributed by atoms with Crippen molar-refractivity contribution in [2.75, 3.05) is 52.5 Å². The summed E-state index contributed by atoms with van der Waals surface area (Å²) in [6.07, 6.45) is 3.18. The molecule has 2 N–H and O–H groups in total. The van der Waals surface area contributed by atoms with Crippen LogP contribution in [0.5, 0.6) is 0 Å². The minimum Gasteiger partial charge on any atom is -0.379 e. The number of nitrogens with one attached hydrogen (secondary N) is 2. The lowest BCUT2D eigenvalue weighted by Crippen LogP contribution is -2.43. The van der Waals surface area contributed by atoms with E-state index in [1.807, 2.05) is 4.90 Å². The molecule has 3 heterocycles. The Bertz CT molecular complexity index is 420. The zero-order valence-corrected chi connectivity index (χ0v) is 13.8. The van der Waals surface area contributed by atoms with Crippen molar-refractivity contribution in [1.29, 1.82) is 0 Å². The second-order valence-corrected chi connectivity index (χ2v) is 6.76. The maximum absolute atomic E-state index is 12.1. The summed E-state index contributed by atoms with van der Waals surface area (Å²) in [6.45, 7) is 6.73. The third kappa shape index (κ3) is 4.89. The Labute approximate surface area is 137 Å². The smallest absolute Gasteiger partial charge is 0.224 e. The summed E-state index contributed by atoms with van der Waals surface area (Å²) in [7, 11) is 0. The number of carbonyl (C=O) groups is 2. The normalized spacial score (nSPS) is 29.2. The number of ether oxygens (including phenoxy) is 1. The Balaban J connectivity index is 1.37. The molecule has 3 rings (SSSR count). The van der Waals surface area contributed by atoms with Gasteiger partial charge in [-0.1, -0.05) is 0 Å². The van der Waals surface area contributed by atoms with Crippen molar-refractivity contribution in [1.82, 2.24) is 20.4 Å². The van der Waals surface area contributed by atoms with Gasteiger partial charge in [-0.25, -0.2) is 0 Å². The van der Waals surface area contributed by atoms with E-state index in [4.69, 9.17) is 4.74 Å². The molecule has 23 heavy (non-hydrogen) atoms. The number of rotatable bonds is 6. The predicted molar refractivity (Wildman–Crippen MR) is 86.0 cm³/mol. The molecule has 0 aromatic rings. The first-order valence-corrected chi connectivity index (χ1v) is 8.81. The summed E-state index contributed by atoms with van der Waals surface area (Å²) in [5.41, 5.74) is 0. The molecule has 7 heteroatoms. The lowest BCUT2D eigenvalue weighted by atomic mass is 10.1. The Morgan fingerprint density at radius 3 is 2.87 bits per heavy atom. The van der Waals surface area contributed by atoms with Crippen LogP contribution in [-0.2, 0) is 14.3 Å². The van der Waals surface area contributed by atoms with Crippen LogP contribution in [0.4, 0.5) is 0 Å². The van der Waals surface area contributed by atoms with Crippen molar-refractivity contribution in [3.8, 4) is 0 Å². The standard InChI is InChI=1S/C16H28N4O3/c21-15(10-13-2-1-3-17-13)18-14-11-16(22)20(12-14)5-4-19-6-8-23-9-7-19/h13-14,17H,1-12H2,(H,18,21). The fourth-order valence-electron chi connectivity index (χ4n) is 3.61. The van der Waals surface area contributed by atoms with E-state index in [1.54, 1.807) is 0 Å². The topological polar surface area (TPSA) is 73.9 Å². The molecular formula is C16H28N4O3. The van der Waals surface area contributed by atoms with Gasteiger partial charge < -0.3 is 20.3 Å². The highest BCUT2D eigenvalue weighted by Crippen LogP contribution is 2.13. The summed E-state index contributed by atoms with van der Waals surface area (Å²) >= 11 is 0. The summed E-state index contributed by atoms with van der Waals surface area (Å²) in [5, 5.41) is 6.36. The van der Waals surface area contributed by atoms with Crippen LogP contribution in [0.1, 0.15) is 25.7 Å². The SMILES string of the molecule is O=C(CC1CCCN1)NC1CC(=O)N(CCN2CCOCC2)C1. The van der Waals surface area contributed by atoms with E-state index in [1.165, 1.54) is 0 Å². The van der Waals surface area contributed by atoms with E-state index in [2.05, 4.69) is 15.5 Å². The fraction of sp³-hybridized carbons (Fsp3) is 0.875. The highest BCUT2D eigenvalue weighted by atomic mass is 16.5. The van der Waals surface area contributed by atoms with Gasteiger partial charge in [0.1, 0.15) is 0 Å². The molecular weight excluding hydrogens is 296 g/mol. The van der Waals surface area contributed by atoms with Crippen LogP contribution in [-0.4, -0.2) is 86.2 Å². The van der Waals surface area contributed by atoms with Crippen LogP contribution in [0, 0.1) is 0 Å². The third-order valence-corrected chi connectivity index (χ3v) is 4.96. The quantitative estimate of drug-likeness (QED) is 0.668. The number of nitrogens with zero attached hydrogens (tertiary/aromatic N) is 2. The van der Waals surface area contributed by atoms with Crippen LogP contribution in [0.15, 0.2) is 0 Å². The van der Waals surface area contributed by atoms with Crippen LogP contribution in [0.25, 0.3) is 0 Å². The van der Waals surface area contributed by atoms with Gasteiger partial charge in [0.15, 0.2) is 0 Å². The van der Waals surface area contributed by atoms with Crippen molar-refractivity contribution in [3.05, 3.63) is 0 Å². The number of morpholine rings is 1. The van der Waals surface area contributed by atoms with Crippen LogP contribution >= 0.6 is 0 Å². The predicted octanol–water partition coefficient (Wildman–Crippen LogP) is -0.822. The summed E-state index contributed by atoms with van der Waals surface area (Å²) in [5.74, 6) is 0.222. The van der Waals surface area contributed by atoms with Gasteiger partial charge in [-0.05, 0) is 19.4 Å². The monoisotopic (exact) mass is 324 g/mol. The molecule has 7 nitrogen and oxygen atoms in total. The molecule has 3 fully saturated rings. The first-order valence-electron chi connectivity index (χ1n) is 8.81. The van der Waals surface area contributed by atoms with Crippen LogP contribution in [0.2, 0.25) is 0 Å². The van der Waals surface area contributed by atoms with Crippen molar-refractivity contribution in [2.45, 2.75) is 37.8 Å². The number of carbonyl (C=O) groups excluding carboxylic acids is 2. The zero-order chi connectivity index (χ0) is 16.1. The van der Waals surface area contributed by atoms with E-state index in [9.17, 15) is 9.59 Å². The molecule has 0 aromatic heterocycles. The average molecular weight is 324 g/mol. The van der Waals surface area contributed by atoms with Crippen LogP contribution in [0.3, 0.4) is 0 Å². The molecule has 0 saturated carbocycles. The first-order chi connectivity index (χ1) is 11.2. The summed E-state index contributed by atoms with van der Waals surface area (Å²) in [4.78, 5) is 28.4. The van der Waals surface area contributed by atoms with Crippen LogP contribution < -0.4 is 10.6 Å². The Morgan fingerprint density at radius 2 is 2.13 bits per heavy atom. The summed E-state index contributed by atoms with van der Waals surface area (Å²) < 4.78 is 5.33. The minimum atomic E-state index is -0.0268. The lowest BCUT2D eigenvalue weighted by Gasteiger charge is -2.28. The number of likely N-dealkylation sites (tertiary alicyclic amines) is 1. The fourth-order valence-corrected chi connectivity index (χ4v) is 3.61. The Kier molecular flexibility index (Phi) is 5.85. The molecule has 2 amide bonds. The summed E-state index contributed by atoms with van der Waals surface area (Å²) in [6, 6.07) is 0.283. The molecule has 2 atom stereocenters. The number of amides is 2. The Hall–Kier alpha value is -1.18. The van der Waals surface area contributed by atoms with E-state index in [0.717, 1.165) is 58.8 Å². The molecule has 3 aliphatic heterocycles. The number of hydrogen-bond acceptors (Lipinski definition) is 5. The van der Waals surface area contributed by atoms with Gasteiger partial charge in [0.2, 0.25) is 11.8 Å². The Morgan fingerprint density at radius 1 is 1.30 bits per heavy atom. The molecule has 3 saturated heterocycles. The van der Waals surface area contributed by atoms with E-state index in [0.29, 0.717) is 25.4 Å². The molecule has 2 unspecified atom stereocenters. The number of hydrogen-bond donors (Lipinski definition) is 2. The minimum absolute atomic E-state index is 0.0268. The van der Waals surface area contributed by atoms with Crippen molar-refractivity contribution < 1.29 is 14.3 Å². The highest BCUT2D eigenvalue weighted by Gasteiger charge is 2.31. The lowest BCUT2D eigenvalue weighted by molar-refractivity contribution is -0.128. The van der Waals surface area contributed by atoms with Crippen molar-refractivity contribution >= 4 is 11.8 Å². The van der Waals surface area contributed by atoms with Gasteiger partial charge in [-0.2, -0.15) is 0 Å².